The molecule has 1 heterocycles. The van der Waals surface area contributed by atoms with Crippen LogP contribution < -0.4 is 20.8 Å². The van der Waals surface area contributed by atoms with E-state index in [1.807, 2.05) is 81.4 Å². The minimum Gasteiger partial charge on any atom is -0.362 e. The van der Waals surface area contributed by atoms with Crippen LogP contribution in [0.5, 0.6) is 0 Å². The smallest absolute Gasteiger partial charge is 0.224 e. The minimum absolute atomic E-state index is 0.121. The molecule has 0 saturated carbocycles. The first-order valence-electron chi connectivity index (χ1n) is 19.2. The lowest BCUT2D eigenvalue weighted by molar-refractivity contribution is -0.121. The fourth-order valence-electron chi connectivity index (χ4n) is 5.72. The Kier molecular flexibility index (Phi) is 19.7. The van der Waals surface area contributed by atoms with Crippen LogP contribution in [0.25, 0.3) is 17.9 Å². The first kappa shape index (κ1) is 45.3. The lowest BCUT2D eigenvalue weighted by Crippen LogP contribution is -2.35. The number of carbonyl (C=O) groups excluding carboxylic acids is 1. The molecular weight excluding hydrogens is 680 g/mol. The molecule has 0 fully saturated rings. The van der Waals surface area contributed by atoms with Crippen LogP contribution in [0.3, 0.4) is 0 Å². The van der Waals surface area contributed by atoms with E-state index in [1.165, 1.54) is 23.1 Å². The molecule has 53 heavy (non-hydrogen) atoms. The Bertz CT molecular complexity index is 1810. The zero-order valence-corrected chi connectivity index (χ0v) is 35.3. The number of rotatable bonds is 13. The molecule has 1 aromatic carbocycles. The number of anilines is 1. The van der Waals surface area contributed by atoms with Gasteiger partial charge in [-0.15, -0.1) is 0 Å². The molecule has 1 aromatic heterocycles. The molecule has 1 amide bonds. The Hall–Kier alpha value is -3.87. The molecule has 6 nitrogen and oxygen atoms in total. The van der Waals surface area contributed by atoms with Gasteiger partial charge in [-0.1, -0.05) is 102 Å². The Morgan fingerprint density at radius 1 is 1.02 bits per heavy atom. The summed E-state index contributed by atoms with van der Waals surface area (Å²) in [7, 11) is 2.99. The van der Waals surface area contributed by atoms with E-state index in [0.29, 0.717) is 24.7 Å². The maximum Gasteiger partial charge on any atom is 0.224 e. The van der Waals surface area contributed by atoms with Crippen molar-refractivity contribution < 1.29 is 13.4 Å². The molecule has 290 valence electrons. The van der Waals surface area contributed by atoms with Gasteiger partial charge >= 0.3 is 0 Å². The van der Waals surface area contributed by atoms with Crippen molar-refractivity contribution in [1.82, 2.24) is 15.3 Å². The highest BCUT2D eigenvalue weighted by Crippen LogP contribution is 2.35. The number of aryl methyl sites for hydroxylation is 1. The van der Waals surface area contributed by atoms with Crippen molar-refractivity contribution in [2.24, 2.45) is 11.8 Å². The molecule has 4 rings (SSSR count). The van der Waals surface area contributed by atoms with Crippen molar-refractivity contribution in [3.8, 4) is 0 Å². The van der Waals surface area contributed by atoms with Crippen molar-refractivity contribution in [3.05, 3.63) is 92.8 Å². The van der Waals surface area contributed by atoms with E-state index in [0.717, 1.165) is 63.9 Å². The Morgan fingerprint density at radius 3 is 2.23 bits per heavy atom. The van der Waals surface area contributed by atoms with Gasteiger partial charge in [-0.05, 0) is 105 Å². The van der Waals surface area contributed by atoms with Gasteiger partial charge in [0.2, 0.25) is 5.91 Å². The van der Waals surface area contributed by atoms with Crippen molar-refractivity contribution in [3.63, 3.8) is 0 Å². The second-order valence-electron chi connectivity index (χ2n) is 14.9. The summed E-state index contributed by atoms with van der Waals surface area (Å²) in [5, 5.41) is 5.16. The maximum absolute atomic E-state index is 12.9. The molecule has 0 spiro atoms. The summed E-state index contributed by atoms with van der Waals surface area (Å²) in [5.74, 6) is 2.97. The maximum atomic E-state index is 12.9. The summed E-state index contributed by atoms with van der Waals surface area (Å²) < 4.78 is 23.1. The van der Waals surface area contributed by atoms with E-state index in [4.69, 9.17) is 0 Å². The Balaban J connectivity index is 0.000000397. The van der Waals surface area contributed by atoms with Gasteiger partial charge in [0.15, 0.2) is 0 Å². The van der Waals surface area contributed by atoms with Gasteiger partial charge < -0.3 is 10.2 Å². The van der Waals surface area contributed by atoms with Crippen molar-refractivity contribution in [2.45, 2.75) is 124 Å². The third-order valence-corrected chi connectivity index (χ3v) is 10.2. The third kappa shape index (κ3) is 16.0. The number of aromatic nitrogens is 2. The number of alkyl halides is 1. The number of hydrogen-bond acceptors (Lipinski definition) is 5. The SMILES string of the molecule is CCC(C)F.CCC(CCCC(C)C)NC(=O)CC1=C(C)/C(=C\c2ccc(S(C)=O)cc2)CC(C(C)C)=C1.Cc1nc(N(C)C)c2c(n1)=C=CC=CC=2. The summed E-state index contributed by atoms with van der Waals surface area (Å²) in [6.45, 7) is 18.5. The van der Waals surface area contributed by atoms with Crippen molar-refractivity contribution in [1.29, 1.82) is 0 Å². The average Bonchev–Trinajstić information content (AvgIpc) is 3.35. The predicted octanol–water partition coefficient (Wildman–Crippen LogP) is 9.11. The lowest BCUT2D eigenvalue weighted by atomic mass is 9.82. The summed E-state index contributed by atoms with van der Waals surface area (Å²) in [6, 6.07) is 8.18. The molecule has 2 aliphatic rings. The normalized spacial score (nSPS) is 15.8. The number of halogens is 1. The van der Waals surface area contributed by atoms with Gasteiger partial charge in [-0.25, -0.2) is 14.4 Å². The molecular formula is C45H65FN4O2S. The van der Waals surface area contributed by atoms with Crippen LogP contribution in [0.2, 0.25) is 0 Å². The van der Waals surface area contributed by atoms with Crippen LogP contribution in [-0.2, 0) is 15.6 Å². The third-order valence-electron chi connectivity index (χ3n) is 9.27. The predicted molar refractivity (Wildman–Crippen MR) is 225 cm³/mol. The van der Waals surface area contributed by atoms with Crippen LogP contribution in [0.1, 0.15) is 112 Å². The average molecular weight is 745 g/mol. The highest BCUT2D eigenvalue weighted by atomic mass is 32.2. The second kappa shape index (κ2) is 23.0. The molecule has 0 saturated heterocycles. The van der Waals surface area contributed by atoms with Crippen LogP contribution in [0, 0.1) is 18.8 Å². The molecule has 2 aliphatic carbocycles. The molecule has 3 atom stereocenters. The van der Waals surface area contributed by atoms with Gasteiger partial charge in [0.05, 0.1) is 17.8 Å². The van der Waals surface area contributed by atoms with Crippen LogP contribution in [0.4, 0.5) is 10.2 Å². The standard InChI is InChI=1S/C29H43NO2S.C12H13N3.C4H9F/c1-8-27(11-9-10-20(2)3)30-29(31)19-26-18-24(21(4)5)17-25(22(26)6)16-23-12-14-28(15-13-23)33(7)32;1-9-13-11-8-6-4-5-7-10(11)12(14-9)15(2)3;1-3-4(2)5/h12-16,18,20-21,27H,8-11,17,19H2,1-7H3,(H,30,31);4-7H,1-3H3;4H,3H2,1-2H3/b25-16-;;. The number of allylic oxidation sites excluding steroid dienone is 7. The molecule has 0 radical (unpaired) electrons. The van der Waals surface area contributed by atoms with Gasteiger partial charge in [-0.3, -0.25) is 9.00 Å². The van der Waals surface area contributed by atoms with E-state index in [1.54, 1.807) is 13.2 Å². The summed E-state index contributed by atoms with van der Waals surface area (Å²) in [4.78, 5) is 24.6. The highest BCUT2D eigenvalue weighted by Gasteiger charge is 2.20. The van der Waals surface area contributed by atoms with Crippen LogP contribution in [-0.4, -0.2) is 52.6 Å². The fourth-order valence-corrected chi connectivity index (χ4v) is 6.24. The van der Waals surface area contributed by atoms with Gasteiger partial charge in [0.25, 0.3) is 0 Å². The van der Waals surface area contributed by atoms with Gasteiger partial charge in [0.1, 0.15) is 17.0 Å². The number of nitrogens with zero attached hydrogens (tertiary/aromatic N) is 3. The van der Waals surface area contributed by atoms with Crippen molar-refractivity contribution >= 4 is 40.4 Å². The zero-order valence-electron chi connectivity index (χ0n) is 34.5. The number of benzene rings is 1. The van der Waals surface area contributed by atoms with Gasteiger partial charge in [-0.2, -0.15) is 0 Å². The Morgan fingerprint density at radius 2 is 1.68 bits per heavy atom. The van der Waals surface area contributed by atoms with Crippen molar-refractivity contribution in [2.75, 3.05) is 25.3 Å². The molecule has 0 aliphatic heterocycles. The van der Waals surface area contributed by atoms with E-state index in [-0.39, 0.29) is 11.9 Å². The van der Waals surface area contributed by atoms with E-state index >= 15 is 0 Å². The quantitative estimate of drug-likeness (QED) is 0.222. The minimum atomic E-state index is -0.970. The lowest BCUT2D eigenvalue weighted by Gasteiger charge is -2.24. The molecule has 8 heteroatoms. The topological polar surface area (TPSA) is 75.2 Å². The molecule has 0 bridgehead atoms. The summed E-state index contributed by atoms with van der Waals surface area (Å²) >= 11 is 0. The fraction of sp³-hybridized carbons (Fsp3) is 0.511. The second-order valence-corrected chi connectivity index (χ2v) is 16.3. The highest BCUT2D eigenvalue weighted by molar-refractivity contribution is 7.84. The first-order valence-corrected chi connectivity index (χ1v) is 20.8. The summed E-state index contributed by atoms with van der Waals surface area (Å²) in [6.07, 6.45) is 19.7. The van der Waals surface area contributed by atoms with E-state index in [2.05, 4.69) is 74.7 Å². The molecule has 2 aromatic rings. The first-order chi connectivity index (χ1) is 25.1. The van der Waals surface area contributed by atoms with E-state index < -0.39 is 17.0 Å². The monoisotopic (exact) mass is 744 g/mol. The zero-order chi connectivity index (χ0) is 39.7. The number of nitrogens with one attached hydrogen (secondary N) is 1. The van der Waals surface area contributed by atoms with Crippen LogP contribution >= 0.6 is 0 Å². The molecule has 3 unspecified atom stereocenters. The summed E-state index contributed by atoms with van der Waals surface area (Å²) in [5.41, 5.74) is 9.19. The largest absolute Gasteiger partial charge is 0.362 e. The molecule has 1 N–H and O–H groups in total. The van der Waals surface area contributed by atoms with E-state index in [9.17, 15) is 13.4 Å². The van der Waals surface area contributed by atoms with Gasteiger partial charge in [0, 0.05) is 42.1 Å². The number of hydrogen-bond donors (Lipinski definition) is 1. The number of amides is 1. The van der Waals surface area contributed by atoms with Crippen LogP contribution in [0.15, 0.2) is 75.8 Å². The number of fused-ring (bicyclic) bond motifs is 1. The Labute approximate surface area is 322 Å². The number of carbonyl (C=O) groups is 1.